The van der Waals surface area contributed by atoms with Gasteiger partial charge in [0.1, 0.15) is 0 Å². The molecule has 0 aliphatic rings. The Balaban J connectivity index is 2.20. The summed E-state index contributed by atoms with van der Waals surface area (Å²) in [4.78, 5) is 12.4. The quantitative estimate of drug-likeness (QED) is 0.857. The number of carbonyl (C=O) groups excluding carboxylic acids is 1. The Morgan fingerprint density at radius 3 is 2.62 bits per heavy atom. The maximum Gasteiger partial charge on any atom is 0.251 e. The lowest BCUT2D eigenvalue weighted by molar-refractivity contribution is 0.0726. The van der Waals surface area contributed by atoms with E-state index < -0.39 is 5.54 Å². The van der Waals surface area contributed by atoms with E-state index in [1.54, 1.807) is 7.11 Å². The fraction of sp³-hybridized carbons (Fsp3) is 0.353. The minimum Gasteiger partial charge on any atom is -0.396 e. The van der Waals surface area contributed by atoms with Crippen LogP contribution in [0.25, 0.3) is 10.8 Å². The van der Waals surface area contributed by atoms with Gasteiger partial charge in [0.15, 0.2) is 0 Å². The van der Waals surface area contributed by atoms with E-state index in [-0.39, 0.29) is 12.5 Å². The van der Waals surface area contributed by atoms with E-state index in [4.69, 9.17) is 9.84 Å². The van der Waals surface area contributed by atoms with E-state index in [1.807, 2.05) is 49.4 Å². The van der Waals surface area contributed by atoms with Crippen molar-refractivity contribution in [2.24, 2.45) is 0 Å². The van der Waals surface area contributed by atoms with Crippen LogP contribution in [0.5, 0.6) is 0 Å². The number of rotatable bonds is 6. The van der Waals surface area contributed by atoms with Gasteiger partial charge in [0.05, 0.1) is 12.1 Å². The second-order valence-electron chi connectivity index (χ2n) is 5.48. The van der Waals surface area contributed by atoms with Gasteiger partial charge in [-0.05, 0) is 36.2 Å². The zero-order chi connectivity index (χ0) is 15.3. The molecule has 4 heteroatoms. The first kappa shape index (κ1) is 15.5. The number of aliphatic hydroxyl groups is 1. The van der Waals surface area contributed by atoms with Crippen molar-refractivity contribution in [1.82, 2.24) is 5.32 Å². The molecule has 2 aromatic rings. The predicted molar refractivity (Wildman–Crippen MR) is 83.4 cm³/mol. The number of hydrogen-bond acceptors (Lipinski definition) is 3. The molecule has 0 heterocycles. The maximum absolute atomic E-state index is 12.4. The minimum absolute atomic E-state index is 0.00212. The van der Waals surface area contributed by atoms with E-state index in [0.29, 0.717) is 18.6 Å². The van der Waals surface area contributed by atoms with Crippen LogP contribution in [0.1, 0.15) is 23.7 Å². The lowest BCUT2D eigenvalue weighted by atomic mass is 9.98. The Morgan fingerprint density at radius 1 is 1.24 bits per heavy atom. The average molecular weight is 287 g/mol. The largest absolute Gasteiger partial charge is 0.396 e. The molecule has 2 N–H and O–H groups in total. The highest BCUT2D eigenvalue weighted by Crippen LogP contribution is 2.17. The summed E-state index contributed by atoms with van der Waals surface area (Å²) in [5, 5.41) is 14.2. The molecule has 1 atom stereocenters. The molecule has 2 rings (SSSR count). The number of hydrogen-bond donors (Lipinski definition) is 2. The number of ether oxygens (including phenoxy) is 1. The standard InChI is InChI=1S/C17H21NO3/c1-17(9-10-19,12-21-2)18-16(20)15-8-7-13-5-3-4-6-14(13)11-15/h3-8,11,19H,9-10,12H2,1-2H3,(H,18,20). The summed E-state index contributed by atoms with van der Waals surface area (Å²) in [7, 11) is 1.58. The van der Waals surface area contributed by atoms with Gasteiger partial charge in [-0.2, -0.15) is 0 Å². The Hall–Kier alpha value is -1.91. The Kier molecular flexibility index (Phi) is 4.94. The lowest BCUT2D eigenvalue weighted by Crippen LogP contribution is -2.50. The molecular formula is C17H21NO3. The number of aliphatic hydroxyl groups excluding tert-OH is 1. The summed E-state index contributed by atoms with van der Waals surface area (Å²) in [6, 6.07) is 13.5. The average Bonchev–Trinajstić information content (AvgIpc) is 2.47. The molecule has 0 aliphatic heterocycles. The number of fused-ring (bicyclic) bond motifs is 1. The highest BCUT2D eigenvalue weighted by atomic mass is 16.5. The van der Waals surface area contributed by atoms with Crippen LogP contribution in [0, 0.1) is 0 Å². The minimum atomic E-state index is -0.577. The molecule has 0 aliphatic carbocycles. The monoisotopic (exact) mass is 287 g/mol. The van der Waals surface area contributed by atoms with Crippen LogP contribution in [-0.2, 0) is 4.74 Å². The van der Waals surface area contributed by atoms with Gasteiger partial charge < -0.3 is 15.2 Å². The molecule has 0 radical (unpaired) electrons. The SMILES string of the molecule is COCC(C)(CCO)NC(=O)c1ccc2ccccc2c1. The van der Waals surface area contributed by atoms with E-state index in [1.165, 1.54) is 0 Å². The molecular weight excluding hydrogens is 266 g/mol. The zero-order valence-corrected chi connectivity index (χ0v) is 12.4. The summed E-state index contributed by atoms with van der Waals surface area (Å²) in [5.41, 5.74) is 0.0284. The van der Waals surface area contributed by atoms with Gasteiger partial charge >= 0.3 is 0 Å². The number of carbonyl (C=O) groups is 1. The van der Waals surface area contributed by atoms with Crippen LogP contribution in [0.3, 0.4) is 0 Å². The third-order valence-electron chi connectivity index (χ3n) is 3.55. The van der Waals surface area contributed by atoms with Crippen molar-refractivity contribution in [3.05, 3.63) is 48.0 Å². The molecule has 1 amide bonds. The fourth-order valence-corrected chi connectivity index (χ4v) is 2.41. The zero-order valence-electron chi connectivity index (χ0n) is 12.4. The second-order valence-corrected chi connectivity index (χ2v) is 5.48. The maximum atomic E-state index is 12.4. The molecule has 0 aromatic heterocycles. The molecule has 0 fully saturated rings. The summed E-state index contributed by atoms with van der Waals surface area (Å²) in [6.45, 7) is 2.22. The van der Waals surface area contributed by atoms with Crippen molar-refractivity contribution in [2.75, 3.05) is 20.3 Å². The van der Waals surface area contributed by atoms with Gasteiger partial charge in [-0.1, -0.05) is 30.3 Å². The number of amides is 1. The summed E-state index contributed by atoms with van der Waals surface area (Å²) < 4.78 is 5.14. The third-order valence-corrected chi connectivity index (χ3v) is 3.55. The summed E-state index contributed by atoms with van der Waals surface area (Å²) in [6.07, 6.45) is 0.445. The van der Waals surface area contributed by atoms with Crippen molar-refractivity contribution >= 4 is 16.7 Å². The van der Waals surface area contributed by atoms with Gasteiger partial charge in [-0.3, -0.25) is 4.79 Å². The highest BCUT2D eigenvalue weighted by Gasteiger charge is 2.26. The first-order chi connectivity index (χ1) is 10.1. The first-order valence-electron chi connectivity index (χ1n) is 6.99. The van der Waals surface area contributed by atoms with Gasteiger partial charge in [0, 0.05) is 19.3 Å². The third kappa shape index (κ3) is 3.80. The Bertz CT molecular complexity index is 618. The molecule has 21 heavy (non-hydrogen) atoms. The number of benzene rings is 2. The number of methoxy groups -OCH3 is 1. The van der Waals surface area contributed by atoms with Crippen LogP contribution in [-0.4, -0.2) is 36.9 Å². The molecule has 0 saturated heterocycles. The highest BCUT2D eigenvalue weighted by molar-refractivity contribution is 5.98. The van der Waals surface area contributed by atoms with Gasteiger partial charge in [-0.15, -0.1) is 0 Å². The van der Waals surface area contributed by atoms with E-state index >= 15 is 0 Å². The van der Waals surface area contributed by atoms with Gasteiger partial charge in [-0.25, -0.2) is 0 Å². The van der Waals surface area contributed by atoms with Crippen LogP contribution in [0.15, 0.2) is 42.5 Å². The molecule has 2 aromatic carbocycles. The molecule has 0 bridgehead atoms. The Morgan fingerprint density at radius 2 is 1.95 bits per heavy atom. The van der Waals surface area contributed by atoms with E-state index in [0.717, 1.165) is 10.8 Å². The van der Waals surface area contributed by atoms with Crippen molar-refractivity contribution in [2.45, 2.75) is 18.9 Å². The van der Waals surface area contributed by atoms with Crippen molar-refractivity contribution in [3.8, 4) is 0 Å². The topological polar surface area (TPSA) is 58.6 Å². The Labute approximate surface area is 124 Å². The fourth-order valence-electron chi connectivity index (χ4n) is 2.41. The summed E-state index contributed by atoms with van der Waals surface area (Å²) in [5.74, 6) is -0.159. The van der Waals surface area contributed by atoms with Gasteiger partial charge in [0.25, 0.3) is 5.91 Å². The van der Waals surface area contributed by atoms with Crippen LogP contribution in [0.2, 0.25) is 0 Å². The summed E-state index contributed by atoms with van der Waals surface area (Å²) >= 11 is 0. The molecule has 112 valence electrons. The van der Waals surface area contributed by atoms with Crippen LogP contribution in [0.4, 0.5) is 0 Å². The predicted octanol–water partition coefficient (Wildman–Crippen LogP) is 2.36. The molecule has 0 saturated carbocycles. The second kappa shape index (κ2) is 6.70. The van der Waals surface area contributed by atoms with Crippen molar-refractivity contribution < 1.29 is 14.6 Å². The van der Waals surface area contributed by atoms with Crippen LogP contribution >= 0.6 is 0 Å². The molecule has 4 nitrogen and oxygen atoms in total. The molecule has 1 unspecified atom stereocenters. The smallest absolute Gasteiger partial charge is 0.251 e. The van der Waals surface area contributed by atoms with Crippen molar-refractivity contribution in [3.63, 3.8) is 0 Å². The van der Waals surface area contributed by atoms with E-state index in [2.05, 4.69) is 5.32 Å². The van der Waals surface area contributed by atoms with E-state index in [9.17, 15) is 4.79 Å². The molecule has 0 spiro atoms. The lowest BCUT2D eigenvalue weighted by Gasteiger charge is -2.29. The first-order valence-corrected chi connectivity index (χ1v) is 6.99. The van der Waals surface area contributed by atoms with Crippen molar-refractivity contribution in [1.29, 1.82) is 0 Å². The van der Waals surface area contributed by atoms with Crippen LogP contribution < -0.4 is 5.32 Å². The normalized spacial score (nSPS) is 13.9. The number of nitrogens with one attached hydrogen (secondary N) is 1. The van der Waals surface area contributed by atoms with Gasteiger partial charge in [0.2, 0.25) is 0 Å².